The third kappa shape index (κ3) is 3.87. The van der Waals surface area contributed by atoms with Gasteiger partial charge in [0.25, 0.3) is 0 Å². The molecule has 1 amide bonds. The molecule has 50 valence electrons. The quantitative estimate of drug-likeness (QED) is 0.446. The molecule has 0 aliphatic carbocycles. The summed E-state index contributed by atoms with van der Waals surface area (Å²) in [6.07, 6.45) is 0.341. The number of hydrogen-bond donors (Lipinski definition) is 1. The molecule has 3 heteroatoms. The smallest absolute Gasteiger partial charge is 0.236 e. The number of hydrogen-bond acceptors (Lipinski definition) is 1. The summed E-state index contributed by atoms with van der Waals surface area (Å²) in [7, 11) is 0. The Kier molecular flexibility index (Phi) is 3.90. The van der Waals surface area contributed by atoms with E-state index in [0.29, 0.717) is 6.42 Å². The molecule has 0 spiro atoms. The first kappa shape index (κ1) is 8.32. The number of rotatable bonds is 2. The molecular formula is C6H8ClNO. The minimum Gasteiger partial charge on any atom is -0.368 e. The van der Waals surface area contributed by atoms with E-state index in [-0.39, 0.29) is 0 Å². The third-order valence-corrected chi connectivity index (χ3v) is 1.14. The van der Waals surface area contributed by atoms with E-state index in [4.69, 9.17) is 17.3 Å². The van der Waals surface area contributed by atoms with Crippen LogP contribution in [0.3, 0.4) is 0 Å². The summed E-state index contributed by atoms with van der Waals surface area (Å²) in [5, 5.41) is -0.641. The molecule has 1 unspecified atom stereocenters. The van der Waals surface area contributed by atoms with E-state index in [9.17, 15) is 4.79 Å². The number of alkyl halides is 1. The topological polar surface area (TPSA) is 43.1 Å². The molecule has 0 fully saturated rings. The number of carbonyl (C=O) groups is 1. The van der Waals surface area contributed by atoms with Gasteiger partial charge in [0.2, 0.25) is 5.91 Å². The summed E-state index contributed by atoms with van der Waals surface area (Å²) in [5.74, 6) is 4.74. The largest absolute Gasteiger partial charge is 0.368 e. The van der Waals surface area contributed by atoms with Gasteiger partial charge in [-0.1, -0.05) is 0 Å². The van der Waals surface area contributed by atoms with Crippen LogP contribution in [0.5, 0.6) is 0 Å². The van der Waals surface area contributed by atoms with Crippen LogP contribution < -0.4 is 5.73 Å². The Labute approximate surface area is 59.4 Å². The van der Waals surface area contributed by atoms with Crippen molar-refractivity contribution in [2.45, 2.75) is 18.7 Å². The molecule has 0 aliphatic heterocycles. The van der Waals surface area contributed by atoms with E-state index in [0.717, 1.165) is 0 Å². The number of carbonyl (C=O) groups excluding carboxylic acids is 1. The monoisotopic (exact) mass is 145 g/mol. The molecule has 0 radical (unpaired) electrons. The van der Waals surface area contributed by atoms with Gasteiger partial charge in [-0.05, 0) is 6.92 Å². The summed E-state index contributed by atoms with van der Waals surface area (Å²) >= 11 is 5.42. The van der Waals surface area contributed by atoms with E-state index < -0.39 is 11.3 Å². The lowest BCUT2D eigenvalue weighted by Crippen LogP contribution is -2.22. The second-order valence-corrected chi connectivity index (χ2v) is 2.03. The van der Waals surface area contributed by atoms with Gasteiger partial charge < -0.3 is 5.73 Å². The van der Waals surface area contributed by atoms with Gasteiger partial charge in [0, 0.05) is 6.42 Å². The third-order valence-electron chi connectivity index (χ3n) is 0.767. The summed E-state index contributed by atoms with van der Waals surface area (Å²) in [6.45, 7) is 1.69. The summed E-state index contributed by atoms with van der Waals surface area (Å²) in [6, 6.07) is 0. The second kappa shape index (κ2) is 4.22. The highest BCUT2D eigenvalue weighted by atomic mass is 35.5. The first-order valence-electron chi connectivity index (χ1n) is 2.51. The van der Waals surface area contributed by atoms with Crippen LogP contribution >= 0.6 is 11.6 Å². The molecule has 0 aromatic carbocycles. The Hall–Kier alpha value is -0.680. The van der Waals surface area contributed by atoms with Crippen molar-refractivity contribution in [1.82, 2.24) is 0 Å². The molecule has 2 N–H and O–H groups in total. The normalized spacial score (nSPS) is 11.3. The average molecular weight is 146 g/mol. The first-order chi connectivity index (χ1) is 4.18. The minimum absolute atomic E-state index is 0.341. The molecule has 2 nitrogen and oxygen atoms in total. The number of primary amides is 1. The van der Waals surface area contributed by atoms with Gasteiger partial charge in [-0.2, -0.15) is 0 Å². The molecule has 0 aliphatic rings. The van der Waals surface area contributed by atoms with Gasteiger partial charge in [0.05, 0.1) is 0 Å². The van der Waals surface area contributed by atoms with Gasteiger partial charge in [0.15, 0.2) is 0 Å². The van der Waals surface area contributed by atoms with Crippen LogP contribution in [0.2, 0.25) is 0 Å². The van der Waals surface area contributed by atoms with Crippen LogP contribution in [0.25, 0.3) is 0 Å². The first-order valence-corrected chi connectivity index (χ1v) is 2.95. The molecule has 0 bridgehead atoms. The van der Waals surface area contributed by atoms with E-state index in [1.165, 1.54) is 0 Å². The van der Waals surface area contributed by atoms with Crippen LogP contribution in [-0.4, -0.2) is 11.3 Å². The fraction of sp³-hybridized carbons (Fsp3) is 0.500. The van der Waals surface area contributed by atoms with Crippen LogP contribution in [0.4, 0.5) is 0 Å². The minimum atomic E-state index is -0.641. The SMILES string of the molecule is CC#CCC(Cl)C(N)=O. The number of nitrogens with two attached hydrogens (primary N) is 1. The fourth-order valence-electron chi connectivity index (χ4n) is 0.292. The van der Waals surface area contributed by atoms with Gasteiger partial charge in [-0.3, -0.25) is 4.79 Å². The van der Waals surface area contributed by atoms with Crippen LogP contribution in [0, 0.1) is 11.8 Å². The molecule has 0 saturated heterocycles. The maximum absolute atomic E-state index is 10.2. The van der Waals surface area contributed by atoms with Crippen LogP contribution in [-0.2, 0) is 4.79 Å². The lowest BCUT2D eigenvalue weighted by molar-refractivity contribution is -0.117. The van der Waals surface area contributed by atoms with E-state index in [2.05, 4.69) is 11.8 Å². The summed E-state index contributed by atoms with van der Waals surface area (Å²) < 4.78 is 0. The Morgan fingerprint density at radius 1 is 1.89 bits per heavy atom. The molecule has 9 heavy (non-hydrogen) atoms. The predicted molar refractivity (Wildman–Crippen MR) is 36.9 cm³/mol. The van der Waals surface area contributed by atoms with Crippen molar-refractivity contribution >= 4 is 17.5 Å². The van der Waals surface area contributed by atoms with Gasteiger partial charge in [0.1, 0.15) is 5.38 Å². The zero-order valence-electron chi connectivity index (χ0n) is 5.15. The second-order valence-electron chi connectivity index (χ2n) is 1.50. The van der Waals surface area contributed by atoms with Crippen LogP contribution in [0.1, 0.15) is 13.3 Å². The van der Waals surface area contributed by atoms with Crippen molar-refractivity contribution in [3.05, 3.63) is 0 Å². The Morgan fingerprint density at radius 3 is 2.78 bits per heavy atom. The van der Waals surface area contributed by atoms with Crippen molar-refractivity contribution in [2.24, 2.45) is 5.73 Å². The average Bonchev–Trinajstić information content (AvgIpc) is 1.82. The predicted octanol–water partition coefficient (Wildman–Crippen LogP) is 0.493. The van der Waals surface area contributed by atoms with Crippen molar-refractivity contribution < 1.29 is 4.79 Å². The highest BCUT2D eigenvalue weighted by Crippen LogP contribution is 1.97. The molecule has 0 aromatic heterocycles. The Morgan fingerprint density at radius 2 is 2.44 bits per heavy atom. The Balaban J connectivity index is 3.59. The van der Waals surface area contributed by atoms with Gasteiger partial charge in [-0.15, -0.1) is 23.4 Å². The maximum atomic E-state index is 10.2. The summed E-state index contributed by atoms with van der Waals surface area (Å²) in [4.78, 5) is 10.2. The van der Waals surface area contributed by atoms with Crippen LogP contribution in [0.15, 0.2) is 0 Å². The molecule has 0 aromatic rings. The molecule has 0 heterocycles. The van der Waals surface area contributed by atoms with E-state index in [1.54, 1.807) is 6.92 Å². The zero-order chi connectivity index (χ0) is 7.28. The summed E-state index contributed by atoms with van der Waals surface area (Å²) in [5.41, 5.74) is 4.84. The van der Waals surface area contributed by atoms with Gasteiger partial charge >= 0.3 is 0 Å². The maximum Gasteiger partial charge on any atom is 0.236 e. The lowest BCUT2D eigenvalue weighted by atomic mass is 10.3. The van der Waals surface area contributed by atoms with Crippen molar-refractivity contribution in [2.75, 3.05) is 0 Å². The number of amides is 1. The Bertz CT molecular complexity index is 156. The fourth-order valence-corrected chi connectivity index (χ4v) is 0.369. The molecular weight excluding hydrogens is 138 g/mol. The van der Waals surface area contributed by atoms with E-state index in [1.807, 2.05) is 0 Å². The van der Waals surface area contributed by atoms with Gasteiger partial charge in [-0.25, -0.2) is 0 Å². The van der Waals surface area contributed by atoms with Crippen molar-refractivity contribution in [3.8, 4) is 11.8 Å². The van der Waals surface area contributed by atoms with Crippen molar-refractivity contribution in [3.63, 3.8) is 0 Å². The highest BCUT2D eigenvalue weighted by molar-refractivity contribution is 6.30. The molecule has 1 atom stereocenters. The van der Waals surface area contributed by atoms with Crippen molar-refractivity contribution in [1.29, 1.82) is 0 Å². The number of halogens is 1. The molecule has 0 saturated carbocycles. The zero-order valence-corrected chi connectivity index (χ0v) is 5.90. The molecule has 0 rings (SSSR count). The highest BCUT2D eigenvalue weighted by Gasteiger charge is 2.07. The lowest BCUT2D eigenvalue weighted by Gasteiger charge is -1.95. The van der Waals surface area contributed by atoms with E-state index >= 15 is 0 Å². The standard InChI is InChI=1S/C6H8ClNO/c1-2-3-4-5(7)6(8)9/h5H,4H2,1H3,(H2,8,9).